The number of alkyl halides is 3. The minimum absolute atomic E-state index is 0.175. The lowest BCUT2D eigenvalue weighted by Gasteiger charge is -2.22. The van der Waals surface area contributed by atoms with Crippen LogP contribution in [0, 0.1) is 5.92 Å². The van der Waals surface area contributed by atoms with Gasteiger partial charge in [-0.15, -0.1) is 0 Å². The van der Waals surface area contributed by atoms with E-state index in [9.17, 15) is 22.8 Å². The summed E-state index contributed by atoms with van der Waals surface area (Å²) in [5.74, 6) is 0.0796. The molecule has 1 aliphatic rings. The van der Waals surface area contributed by atoms with Gasteiger partial charge >= 0.3 is 12.3 Å². The molecule has 1 aromatic carbocycles. The molecule has 0 saturated carbocycles. The normalized spacial score (nSPS) is 15.4. The molecule has 1 aromatic rings. The fourth-order valence-corrected chi connectivity index (χ4v) is 2.84. The number of hydrogen-bond donors (Lipinski definition) is 0. The van der Waals surface area contributed by atoms with Gasteiger partial charge in [0, 0.05) is 31.7 Å². The van der Waals surface area contributed by atoms with E-state index in [-0.39, 0.29) is 24.5 Å². The van der Waals surface area contributed by atoms with Gasteiger partial charge in [0.2, 0.25) is 0 Å². The summed E-state index contributed by atoms with van der Waals surface area (Å²) >= 11 is 0. The van der Waals surface area contributed by atoms with E-state index in [4.69, 9.17) is 4.74 Å². The molecule has 0 bridgehead atoms. The number of carbonyl (C=O) groups excluding carboxylic acids is 2. The zero-order valence-electron chi connectivity index (χ0n) is 16.7. The van der Waals surface area contributed by atoms with Crippen molar-refractivity contribution in [2.45, 2.75) is 33.1 Å². The number of hydrogen-bond acceptors (Lipinski definition) is 4. The van der Waals surface area contributed by atoms with Gasteiger partial charge in [0.15, 0.2) is 0 Å². The summed E-state index contributed by atoms with van der Waals surface area (Å²) in [6.45, 7) is 4.63. The fraction of sp³-hybridized carbons (Fsp3) is 0.600. The topological polar surface area (TPSA) is 59.1 Å². The molecule has 6 nitrogen and oxygen atoms in total. The van der Waals surface area contributed by atoms with Gasteiger partial charge in [0.05, 0.1) is 13.2 Å². The maximum Gasteiger partial charge on any atom is 0.411 e. The van der Waals surface area contributed by atoms with Crippen molar-refractivity contribution in [3.63, 3.8) is 0 Å². The minimum Gasteiger partial charge on any atom is -0.449 e. The number of rotatable bonds is 6. The molecule has 0 aromatic heterocycles. The van der Waals surface area contributed by atoms with Gasteiger partial charge in [0.1, 0.15) is 6.61 Å². The van der Waals surface area contributed by atoms with Crippen molar-refractivity contribution in [2.24, 2.45) is 5.92 Å². The first-order chi connectivity index (χ1) is 13.7. The highest BCUT2D eigenvalue weighted by Gasteiger charge is 2.27. The summed E-state index contributed by atoms with van der Waals surface area (Å²) in [4.78, 5) is 28.1. The molecule has 0 radical (unpaired) electrons. The van der Waals surface area contributed by atoms with Crippen LogP contribution in [0.4, 0.5) is 18.0 Å². The van der Waals surface area contributed by atoms with Crippen molar-refractivity contribution in [2.75, 3.05) is 39.4 Å². The minimum atomic E-state index is -4.36. The predicted molar refractivity (Wildman–Crippen MR) is 100 cm³/mol. The molecule has 2 rings (SSSR count). The first kappa shape index (κ1) is 23.0. The van der Waals surface area contributed by atoms with Crippen LogP contribution in [0.5, 0.6) is 0 Å². The second-order valence-corrected chi connectivity index (χ2v) is 7.41. The van der Waals surface area contributed by atoms with Crippen LogP contribution < -0.4 is 0 Å². The van der Waals surface area contributed by atoms with E-state index >= 15 is 0 Å². The molecular weight excluding hydrogens is 389 g/mol. The number of amides is 2. The van der Waals surface area contributed by atoms with Crippen LogP contribution in [-0.2, 0) is 16.1 Å². The van der Waals surface area contributed by atoms with Crippen molar-refractivity contribution in [3.05, 3.63) is 35.4 Å². The fourth-order valence-electron chi connectivity index (χ4n) is 2.84. The molecule has 0 N–H and O–H groups in total. The van der Waals surface area contributed by atoms with Crippen LogP contribution in [0.15, 0.2) is 24.3 Å². The smallest absolute Gasteiger partial charge is 0.411 e. The summed E-state index contributed by atoms with van der Waals surface area (Å²) in [7, 11) is 0. The van der Waals surface area contributed by atoms with E-state index in [1.165, 1.54) is 0 Å². The average molecular weight is 416 g/mol. The zero-order valence-corrected chi connectivity index (χ0v) is 16.7. The van der Waals surface area contributed by atoms with Gasteiger partial charge in [-0.3, -0.25) is 4.79 Å². The molecular formula is C20H27F3N2O4. The summed E-state index contributed by atoms with van der Waals surface area (Å²) in [6.07, 6.45) is -4.08. The zero-order chi connectivity index (χ0) is 21.4. The highest BCUT2D eigenvalue weighted by Crippen LogP contribution is 2.16. The van der Waals surface area contributed by atoms with Crippen LogP contribution in [-0.4, -0.2) is 67.4 Å². The average Bonchev–Trinajstić information content (AvgIpc) is 2.91. The lowest BCUT2D eigenvalue weighted by atomic mass is 10.1. The Kier molecular flexibility index (Phi) is 8.31. The monoisotopic (exact) mass is 416 g/mol. The van der Waals surface area contributed by atoms with Crippen LogP contribution >= 0.6 is 0 Å². The van der Waals surface area contributed by atoms with Gasteiger partial charge in [-0.05, 0) is 30.0 Å². The van der Waals surface area contributed by atoms with E-state index in [1.807, 2.05) is 13.8 Å². The van der Waals surface area contributed by atoms with Gasteiger partial charge in [-0.2, -0.15) is 13.2 Å². The molecule has 9 heteroatoms. The van der Waals surface area contributed by atoms with Crippen molar-refractivity contribution >= 4 is 12.0 Å². The lowest BCUT2D eigenvalue weighted by molar-refractivity contribution is -0.176. The van der Waals surface area contributed by atoms with Crippen LogP contribution in [0.3, 0.4) is 0 Å². The lowest BCUT2D eigenvalue weighted by Crippen LogP contribution is -2.37. The Hall–Kier alpha value is -2.29. The third-order valence-corrected chi connectivity index (χ3v) is 4.32. The summed E-state index contributed by atoms with van der Waals surface area (Å²) < 4.78 is 46.2. The molecule has 0 spiro atoms. The molecule has 162 valence electrons. The Morgan fingerprint density at radius 1 is 1.03 bits per heavy atom. The summed E-state index contributed by atoms with van der Waals surface area (Å²) in [5.41, 5.74) is 1.00. The second-order valence-electron chi connectivity index (χ2n) is 7.41. The van der Waals surface area contributed by atoms with Gasteiger partial charge < -0.3 is 19.3 Å². The Morgan fingerprint density at radius 2 is 1.66 bits per heavy atom. The molecule has 2 amide bonds. The number of halogens is 3. The van der Waals surface area contributed by atoms with E-state index < -0.39 is 12.8 Å². The quantitative estimate of drug-likeness (QED) is 0.710. The second kappa shape index (κ2) is 10.5. The Balaban J connectivity index is 1.86. The Bertz CT molecular complexity index is 677. The van der Waals surface area contributed by atoms with Crippen molar-refractivity contribution in [1.29, 1.82) is 0 Å². The largest absolute Gasteiger partial charge is 0.449 e. The molecule has 0 aliphatic carbocycles. The van der Waals surface area contributed by atoms with Crippen LogP contribution in [0.1, 0.15) is 36.2 Å². The Morgan fingerprint density at radius 3 is 2.28 bits per heavy atom. The molecule has 0 atom stereocenters. The molecule has 29 heavy (non-hydrogen) atoms. The van der Waals surface area contributed by atoms with E-state index in [0.717, 1.165) is 0 Å². The highest BCUT2D eigenvalue weighted by atomic mass is 19.4. The number of benzene rings is 1. The van der Waals surface area contributed by atoms with Gasteiger partial charge in [-0.1, -0.05) is 26.0 Å². The summed E-state index contributed by atoms with van der Waals surface area (Å²) in [5, 5.41) is 0. The molecule has 1 heterocycles. The molecule has 0 unspecified atom stereocenters. The number of nitrogens with zero attached hydrogens (tertiary/aromatic N) is 2. The number of carbonyl (C=O) groups is 2. The van der Waals surface area contributed by atoms with Crippen LogP contribution in [0.25, 0.3) is 0 Å². The van der Waals surface area contributed by atoms with Gasteiger partial charge in [-0.25, -0.2) is 4.79 Å². The first-order valence-electron chi connectivity index (χ1n) is 9.60. The molecule has 1 aliphatic heterocycles. The van der Waals surface area contributed by atoms with E-state index in [0.29, 0.717) is 50.3 Å². The van der Waals surface area contributed by atoms with Gasteiger partial charge in [0.25, 0.3) is 5.91 Å². The summed E-state index contributed by atoms with van der Waals surface area (Å²) in [6, 6.07) is 6.32. The van der Waals surface area contributed by atoms with Crippen molar-refractivity contribution < 1.29 is 32.2 Å². The predicted octanol–water partition coefficient (Wildman–Crippen LogP) is 3.71. The third-order valence-electron chi connectivity index (χ3n) is 4.32. The van der Waals surface area contributed by atoms with Crippen molar-refractivity contribution in [3.8, 4) is 0 Å². The Labute approximate surface area is 168 Å². The maximum atomic E-state index is 12.7. The first-order valence-corrected chi connectivity index (χ1v) is 9.60. The highest BCUT2D eigenvalue weighted by molar-refractivity contribution is 5.94. The molecule has 1 saturated heterocycles. The standard InChI is InChI=1S/C20H27F3N2O4/c1-15(2)12-29-19(27)25-9-3-8-24(10-11-25)18(26)17-6-4-16(5-7-17)13-28-14-20(21,22)23/h4-7,15H,3,8-14H2,1-2H3. The molecule has 1 fully saturated rings. The SMILES string of the molecule is CC(C)COC(=O)N1CCCN(C(=O)c2ccc(COCC(F)(F)F)cc2)CC1. The number of ether oxygens (including phenoxy) is 2. The van der Waals surface area contributed by atoms with Crippen molar-refractivity contribution in [1.82, 2.24) is 9.80 Å². The van der Waals surface area contributed by atoms with Crippen LogP contribution in [0.2, 0.25) is 0 Å². The third kappa shape index (κ3) is 7.92. The van der Waals surface area contributed by atoms with E-state index in [1.54, 1.807) is 34.1 Å². The van der Waals surface area contributed by atoms with E-state index in [2.05, 4.69) is 4.74 Å². The maximum absolute atomic E-state index is 12.7.